The van der Waals surface area contributed by atoms with Crippen LogP contribution < -0.4 is 0 Å². The van der Waals surface area contributed by atoms with Gasteiger partial charge in [-0.3, -0.25) is 0 Å². The molecule has 0 amide bonds. The summed E-state index contributed by atoms with van der Waals surface area (Å²) in [5.74, 6) is 0. The van der Waals surface area contributed by atoms with Crippen LogP contribution in [0.1, 0.15) is 0 Å². The maximum Gasteiger partial charge on any atom is 0.257 e. The summed E-state index contributed by atoms with van der Waals surface area (Å²) in [6, 6.07) is 4.02. The predicted octanol–water partition coefficient (Wildman–Crippen LogP) is 3.77. The normalized spacial score (nSPS) is 10.5. The van der Waals surface area contributed by atoms with Crippen molar-refractivity contribution in [3.8, 4) is 10.6 Å². The van der Waals surface area contributed by atoms with Crippen LogP contribution in [-0.2, 0) is 0 Å². The molecule has 5 heteroatoms. The van der Waals surface area contributed by atoms with E-state index in [2.05, 4.69) is 20.9 Å². The molecule has 0 aliphatic rings. The molecule has 62 valence electrons. The van der Waals surface area contributed by atoms with Crippen molar-refractivity contribution < 1.29 is 4.42 Å². The van der Waals surface area contributed by atoms with E-state index in [1.165, 1.54) is 0 Å². The third kappa shape index (κ3) is 1.72. The molecule has 0 atom stereocenters. The van der Waals surface area contributed by atoms with Crippen LogP contribution in [0.15, 0.2) is 26.6 Å². The van der Waals surface area contributed by atoms with Gasteiger partial charge in [-0.1, -0.05) is 0 Å². The van der Waals surface area contributed by atoms with Gasteiger partial charge in [0.05, 0.1) is 8.66 Å². The summed E-state index contributed by atoms with van der Waals surface area (Å²) in [6.45, 7) is 0. The van der Waals surface area contributed by atoms with Crippen molar-refractivity contribution in [2.45, 2.75) is 0 Å². The third-order valence-corrected chi connectivity index (χ3v) is 3.44. The molecule has 0 fully saturated rings. The Hall–Kier alpha value is 0.120. The molecule has 2 aromatic rings. The van der Waals surface area contributed by atoms with Crippen molar-refractivity contribution in [1.82, 2.24) is 4.98 Å². The lowest BCUT2D eigenvalue weighted by Crippen LogP contribution is -1.70. The second-order valence-corrected chi connectivity index (χ2v) is 5.48. The zero-order valence-electron chi connectivity index (χ0n) is 5.75. The van der Waals surface area contributed by atoms with E-state index in [-0.39, 0.29) is 0 Å². The summed E-state index contributed by atoms with van der Waals surface area (Å²) < 4.78 is 6.88. The number of aromatic nitrogens is 1. The third-order valence-electron chi connectivity index (χ3n) is 1.30. The Morgan fingerprint density at radius 1 is 1.50 bits per heavy atom. The number of rotatable bonds is 1. The molecular weight excluding hydrogens is 353 g/mol. The van der Waals surface area contributed by atoms with E-state index in [0.29, 0.717) is 3.90 Å². The minimum absolute atomic E-state index is 0.673. The molecule has 0 saturated heterocycles. The Labute approximate surface area is 95.3 Å². The Kier molecular flexibility index (Phi) is 2.52. The van der Waals surface area contributed by atoms with Gasteiger partial charge in [-0.25, -0.2) is 4.98 Å². The Morgan fingerprint density at radius 2 is 2.33 bits per heavy atom. The number of oxazole rings is 1. The van der Waals surface area contributed by atoms with Crippen LogP contribution >= 0.6 is 49.9 Å². The molecule has 0 bridgehead atoms. The minimum Gasteiger partial charge on any atom is -0.440 e. The Balaban J connectivity index is 2.43. The van der Waals surface area contributed by atoms with Crippen molar-refractivity contribution in [3.63, 3.8) is 0 Å². The van der Waals surface area contributed by atoms with Crippen LogP contribution in [0, 0.1) is 3.90 Å². The van der Waals surface area contributed by atoms with Crippen LogP contribution in [0.2, 0.25) is 0 Å². The number of halogens is 2. The first kappa shape index (κ1) is 8.71. The summed E-state index contributed by atoms with van der Waals surface area (Å²) in [5.41, 5.74) is 0.898. The molecule has 12 heavy (non-hydrogen) atoms. The highest BCUT2D eigenvalue weighted by atomic mass is 127. The van der Waals surface area contributed by atoms with Gasteiger partial charge >= 0.3 is 0 Å². The maximum absolute atomic E-state index is 5.10. The van der Waals surface area contributed by atoms with Crippen LogP contribution in [0.4, 0.5) is 0 Å². The molecule has 2 rings (SSSR count). The van der Waals surface area contributed by atoms with Crippen molar-refractivity contribution >= 4 is 49.9 Å². The van der Waals surface area contributed by atoms with Gasteiger partial charge in [-0.2, -0.15) is 0 Å². The van der Waals surface area contributed by atoms with Gasteiger partial charge in [-0.15, -0.1) is 11.3 Å². The van der Waals surface area contributed by atoms with Gasteiger partial charge in [0, 0.05) is 22.6 Å². The van der Waals surface area contributed by atoms with Crippen molar-refractivity contribution in [2.75, 3.05) is 0 Å². The Bertz CT molecular complexity index is 359. The topological polar surface area (TPSA) is 26.0 Å². The standard InChI is InChI=1S/C7H3BrINOS/c8-6-2-1-5(12-6)4-3-11-7(9)10-4/h1-3H. The molecule has 0 aliphatic carbocycles. The highest BCUT2D eigenvalue weighted by Crippen LogP contribution is 2.30. The molecule has 2 heterocycles. The summed E-state index contributed by atoms with van der Waals surface area (Å²) >= 11 is 7.09. The van der Waals surface area contributed by atoms with E-state index in [1.54, 1.807) is 17.6 Å². The molecule has 0 aromatic carbocycles. The van der Waals surface area contributed by atoms with E-state index in [9.17, 15) is 0 Å². The summed E-state index contributed by atoms with van der Waals surface area (Å²) in [6.07, 6.45) is 1.67. The highest BCUT2D eigenvalue weighted by molar-refractivity contribution is 14.1. The highest BCUT2D eigenvalue weighted by Gasteiger charge is 2.05. The lowest BCUT2D eigenvalue weighted by Gasteiger charge is -1.83. The first-order chi connectivity index (χ1) is 5.75. The van der Waals surface area contributed by atoms with E-state index >= 15 is 0 Å². The maximum atomic E-state index is 5.10. The van der Waals surface area contributed by atoms with Crippen molar-refractivity contribution in [1.29, 1.82) is 0 Å². The van der Waals surface area contributed by atoms with Crippen molar-refractivity contribution in [2.24, 2.45) is 0 Å². The van der Waals surface area contributed by atoms with Gasteiger partial charge in [0.1, 0.15) is 12.0 Å². The van der Waals surface area contributed by atoms with E-state index in [0.717, 1.165) is 14.4 Å². The molecule has 0 aliphatic heterocycles. The van der Waals surface area contributed by atoms with Gasteiger partial charge < -0.3 is 4.42 Å². The zero-order chi connectivity index (χ0) is 8.55. The zero-order valence-corrected chi connectivity index (χ0v) is 10.3. The molecule has 0 saturated carbocycles. The van der Waals surface area contributed by atoms with E-state index in [4.69, 9.17) is 4.42 Å². The Morgan fingerprint density at radius 3 is 2.83 bits per heavy atom. The van der Waals surface area contributed by atoms with E-state index in [1.807, 2.05) is 34.7 Å². The average molecular weight is 356 g/mol. The van der Waals surface area contributed by atoms with Gasteiger partial charge in [0.25, 0.3) is 3.90 Å². The smallest absolute Gasteiger partial charge is 0.257 e. The molecule has 0 radical (unpaired) electrons. The molecule has 2 nitrogen and oxygen atoms in total. The van der Waals surface area contributed by atoms with Crippen molar-refractivity contribution in [3.05, 3.63) is 26.1 Å². The number of hydrogen-bond acceptors (Lipinski definition) is 3. The van der Waals surface area contributed by atoms with Crippen LogP contribution in [-0.4, -0.2) is 4.98 Å². The fourth-order valence-corrected chi connectivity index (χ4v) is 2.54. The van der Waals surface area contributed by atoms with Gasteiger partial charge in [-0.05, 0) is 28.1 Å². The quantitative estimate of drug-likeness (QED) is 0.728. The molecule has 0 unspecified atom stereocenters. The second-order valence-electron chi connectivity index (χ2n) is 2.09. The molecule has 2 aromatic heterocycles. The van der Waals surface area contributed by atoms with Gasteiger partial charge in [0.2, 0.25) is 0 Å². The van der Waals surface area contributed by atoms with Crippen LogP contribution in [0.25, 0.3) is 10.6 Å². The monoisotopic (exact) mass is 355 g/mol. The molecule has 0 N–H and O–H groups in total. The average Bonchev–Trinajstić information content (AvgIpc) is 2.58. The first-order valence-electron chi connectivity index (χ1n) is 3.12. The van der Waals surface area contributed by atoms with E-state index < -0.39 is 0 Å². The summed E-state index contributed by atoms with van der Waals surface area (Å²) in [4.78, 5) is 5.32. The number of hydrogen-bond donors (Lipinski definition) is 0. The second kappa shape index (κ2) is 3.47. The van der Waals surface area contributed by atoms with Gasteiger partial charge in [0.15, 0.2) is 0 Å². The fraction of sp³-hybridized carbons (Fsp3) is 0. The largest absolute Gasteiger partial charge is 0.440 e. The summed E-state index contributed by atoms with van der Waals surface area (Å²) in [5, 5.41) is 0. The summed E-state index contributed by atoms with van der Waals surface area (Å²) in [7, 11) is 0. The minimum atomic E-state index is 0.673. The fourth-order valence-electron chi connectivity index (χ4n) is 0.817. The molecular formula is C7H3BrINOS. The lowest BCUT2D eigenvalue weighted by molar-refractivity contribution is 0.525. The van der Waals surface area contributed by atoms with Crippen LogP contribution in [0.5, 0.6) is 0 Å². The molecule has 0 spiro atoms. The predicted molar refractivity (Wildman–Crippen MR) is 60.2 cm³/mol. The van der Waals surface area contributed by atoms with Crippen LogP contribution in [0.3, 0.4) is 0 Å². The number of nitrogens with zero attached hydrogens (tertiary/aromatic N) is 1. The SMILES string of the molecule is Brc1ccc(-c2coc(I)n2)s1. The first-order valence-corrected chi connectivity index (χ1v) is 5.81. The lowest BCUT2D eigenvalue weighted by atomic mass is 10.4. The number of thiophene rings is 1.